The Labute approximate surface area is 107 Å². The quantitative estimate of drug-likeness (QED) is 0.643. The number of ether oxygens (including phenoxy) is 1. The van der Waals surface area contributed by atoms with Crippen LogP contribution < -0.4 is 5.32 Å². The first kappa shape index (κ1) is 12.9. The van der Waals surface area contributed by atoms with Crippen molar-refractivity contribution in [3.05, 3.63) is 35.8 Å². The van der Waals surface area contributed by atoms with Gasteiger partial charge in [-0.3, -0.25) is 0 Å². The van der Waals surface area contributed by atoms with Crippen molar-refractivity contribution in [3.8, 4) is 0 Å². The second-order valence-corrected chi connectivity index (χ2v) is 4.55. The Morgan fingerprint density at radius 3 is 3.17 bits per heavy atom. The lowest BCUT2D eigenvalue weighted by molar-refractivity contribution is 0.0563. The van der Waals surface area contributed by atoms with Crippen molar-refractivity contribution in [1.82, 2.24) is 5.32 Å². The SMILES string of the molecule is COC(=O)c1occc1CNCC1CC=CCC1. The number of methoxy groups -OCH3 is 1. The van der Waals surface area contributed by atoms with Crippen molar-refractivity contribution in [2.75, 3.05) is 13.7 Å². The Bertz CT molecular complexity index is 422. The van der Waals surface area contributed by atoms with Crippen molar-refractivity contribution >= 4 is 5.97 Å². The molecule has 98 valence electrons. The fourth-order valence-electron chi connectivity index (χ4n) is 2.20. The highest BCUT2D eigenvalue weighted by Gasteiger charge is 2.16. The summed E-state index contributed by atoms with van der Waals surface area (Å²) in [7, 11) is 1.36. The zero-order chi connectivity index (χ0) is 12.8. The Balaban J connectivity index is 1.81. The molecule has 18 heavy (non-hydrogen) atoms. The third kappa shape index (κ3) is 3.23. The summed E-state index contributed by atoms with van der Waals surface area (Å²) in [4.78, 5) is 11.4. The monoisotopic (exact) mass is 249 g/mol. The minimum atomic E-state index is -0.419. The van der Waals surface area contributed by atoms with Gasteiger partial charge in [-0.1, -0.05) is 12.2 Å². The van der Waals surface area contributed by atoms with Gasteiger partial charge in [0, 0.05) is 12.1 Å². The first-order valence-corrected chi connectivity index (χ1v) is 6.31. The Morgan fingerprint density at radius 1 is 1.56 bits per heavy atom. The summed E-state index contributed by atoms with van der Waals surface area (Å²) < 4.78 is 9.80. The van der Waals surface area contributed by atoms with Gasteiger partial charge in [-0.2, -0.15) is 0 Å². The van der Waals surface area contributed by atoms with E-state index in [2.05, 4.69) is 22.2 Å². The third-order valence-electron chi connectivity index (χ3n) is 3.24. The number of carbonyl (C=O) groups excluding carboxylic acids is 1. The van der Waals surface area contributed by atoms with Gasteiger partial charge in [0.1, 0.15) is 0 Å². The van der Waals surface area contributed by atoms with Gasteiger partial charge in [-0.25, -0.2) is 4.79 Å². The van der Waals surface area contributed by atoms with Crippen LogP contribution >= 0.6 is 0 Å². The van der Waals surface area contributed by atoms with Crippen LogP contribution in [-0.2, 0) is 11.3 Å². The highest BCUT2D eigenvalue weighted by atomic mass is 16.5. The fourth-order valence-corrected chi connectivity index (χ4v) is 2.20. The summed E-state index contributed by atoms with van der Waals surface area (Å²) in [5.74, 6) is 0.578. The Kier molecular flexibility index (Phi) is 4.59. The molecule has 1 aromatic heterocycles. The molecule has 1 aliphatic carbocycles. The van der Waals surface area contributed by atoms with Crippen LogP contribution in [0.1, 0.15) is 35.4 Å². The molecule has 0 saturated heterocycles. The molecule has 0 aliphatic heterocycles. The summed E-state index contributed by atoms with van der Waals surface area (Å²) in [5.41, 5.74) is 0.855. The molecule has 0 bridgehead atoms. The van der Waals surface area contributed by atoms with E-state index in [-0.39, 0.29) is 0 Å². The number of furan rings is 1. The maximum atomic E-state index is 11.4. The molecule has 1 N–H and O–H groups in total. The second kappa shape index (κ2) is 6.40. The molecule has 4 nitrogen and oxygen atoms in total. The largest absolute Gasteiger partial charge is 0.463 e. The first-order chi connectivity index (χ1) is 8.81. The molecular weight excluding hydrogens is 230 g/mol. The van der Waals surface area contributed by atoms with Gasteiger partial charge in [0.15, 0.2) is 0 Å². The van der Waals surface area contributed by atoms with Crippen LogP contribution in [0.3, 0.4) is 0 Å². The van der Waals surface area contributed by atoms with Gasteiger partial charge in [-0.15, -0.1) is 0 Å². The van der Waals surface area contributed by atoms with Gasteiger partial charge in [-0.05, 0) is 37.8 Å². The molecule has 4 heteroatoms. The molecule has 0 aromatic carbocycles. The van der Waals surface area contributed by atoms with Crippen LogP contribution in [0.2, 0.25) is 0 Å². The standard InChI is InChI=1S/C14H19NO3/c1-17-14(16)13-12(7-8-18-13)10-15-9-11-5-3-2-4-6-11/h2-3,7-8,11,15H,4-6,9-10H2,1H3. The van der Waals surface area contributed by atoms with Crippen LogP contribution in [0.15, 0.2) is 28.9 Å². The van der Waals surface area contributed by atoms with Crippen molar-refractivity contribution in [1.29, 1.82) is 0 Å². The third-order valence-corrected chi connectivity index (χ3v) is 3.24. The van der Waals surface area contributed by atoms with E-state index in [0.717, 1.165) is 18.5 Å². The van der Waals surface area contributed by atoms with E-state index in [1.54, 1.807) is 6.07 Å². The smallest absolute Gasteiger partial charge is 0.374 e. The van der Waals surface area contributed by atoms with E-state index >= 15 is 0 Å². The van der Waals surface area contributed by atoms with Crippen LogP contribution in [0, 0.1) is 5.92 Å². The molecule has 0 saturated carbocycles. The van der Waals surface area contributed by atoms with Crippen LogP contribution in [0.25, 0.3) is 0 Å². The van der Waals surface area contributed by atoms with E-state index in [1.807, 2.05) is 0 Å². The predicted octanol–water partition coefficient (Wildman–Crippen LogP) is 2.51. The van der Waals surface area contributed by atoms with E-state index in [4.69, 9.17) is 4.42 Å². The lowest BCUT2D eigenvalue weighted by atomic mass is 9.94. The molecule has 1 aliphatic rings. The van der Waals surface area contributed by atoms with Crippen molar-refractivity contribution in [2.24, 2.45) is 5.92 Å². The van der Waals surface area contributed by atoms with Crippen molar-refractivity contribution in [2.45, 2.75) is 25.8 Å². The van der Waals surface area contributed by atoms with Crippen LogP contribution in [0.4, 0.5) is 0 Å². The molecule has 1 aromatic rings. The zero-order valence-corrected chi connectivity index (χ0v) is 10.6. The zero-order valence-electron chi connectivity index (χ0n) is 10.6. The normalized spacial score (nSPS) is 18.8. The van der Waals surface area contributed by atoms with Gasteiger partial charge >= 0.3 is 5.97 Å². The van der Waals surface area contributed by atoms with Crippen molar-refractivity contribution in [3.63, 3.8) is 0 Å². The number of nitrogens with one attached hydrogen (secondary N) is 1. The molecule has 2 rings (SSSR count). The summed E-state index contributed by atoms with van der Waals surface area (Å²) in [6, 6.07) is 1.81. The Hall–Kier alpha value is -1.55. The van der Waals surface area contributed by atoms with Gasteiger partial charge in [0.05, 0.1) is 13.4 Å². The molecule has 0 fully saturated rings. The maximum Gasteiger partial charge on any atom is 0.374 e. The van der Waals surface area contributed by atoms with E-state index in [9.17, 15) is 4.79 Å². The van der Waals surface area contributed by atoms with Gasteiger partial charge in [0.2, 0.25) is 5.76 Å². The fraction of sp³-hybridized carbons (Fsp3) is 0.500. The summed E-state index contributed by atoms with van der Waals surface area (Å²) >= 11 is 0. The molecule has 0 amide bonds. The average molecular weight is 249 g/mol. The topological polar surface area (TPSA) is 51.5 Å². The molecule has 1 unspecified atom stereocenters. The summed E-state index contributed by atoms with van der Waals surface area (Å²) in [6.07, 6.45) is 9.55. The maximum absolute atomic E-state index is 11.4. The lowest BCUT2D eigenvalue weighted by Gasteiger charge is -2.17. The number of carbonyl (C=O) groups is 1. The van der Waals surface area contributed by atoms with Crippen LogP contribution in [-0.4, -0.2) is 19.6 Å². The van der Waals surface area contributed by atoms with Crippen molar-refractivity contribution < 1.29 is 13.9 Å². The minimum absolute atomic E-state index is 0.300. The number of hydrogen-bond donors (Lipinski definition) is 1. The van der Waals surface area contributed by atoms with E-state index in [1.165, 1.54) is 26.2 Å². The lowest BCUT2D eigenvalue weighted by Crippen LogP contribution is -2.23. The highest BCUT2D eigenvalue weighted by Crippen LogP contribution is 2.17. The first-order valence-electron chi connectivity index (χ1n) is 6.31. The predicted molar refractivity (Wildman–Crippen MR) is 68.2 cm³/mol. The molecule has 0 spiro atoms. The average Bonchev–Trinajstić information content (AvgIpc) is 2.87. The van der Waals surface area contributed by atoms with Gasteiger partial charge < -0.3 is 14.5 Å². The number of esters is 1. The Morgan fingerprint density at radius 2 is 2.44 bits per heavy atom. The molecule has 1 heterocycles. The summed E-state index contributed by atoms with van der Waals surface area (Å²) in [5, 5.41) is 3.38. The van der Waals surface area contributed by atoms with E-state index in [0.29, 0.717) is 18.2 Å². The number of hydrogen-bond acceptors (Lipinski definition) is 4. The number of rotatable bonds is 5. The molecular formula is C14H19NO3. The van der Waals surface area contributed by atoms with E-state index < -0.39 is 5.97 Å². The molecule has 0 radical (unpaired) electrons. The number of allylic oxidation sites excluding steroid dienone is 2. The van der Waals surface area contributed by atoms with Gasteiger partial charge in [0.25, 0.3) is 0 Å². The molecule has 1 atom stereocenters. The second-order valence-electron chi connectivity index (χ2n) is 4.55. The minimum Gasteiger partial charge on any atom is -0.463 e. The summed E-state index contributed by atoms with van der Waals surface area (Å²) in [6.45, 7) is 1.61. The highest BCUT2D eigenvalue weighted by molar-refractivity contribution is 5.87. The van der Waals surface area contributed by atoms with Crippen LogP contribution in [0.5, 0.6) is 0 Å².